The Balaban J connectivity index is 0.831. The molecule has 0 saturated heterocycles. The average Bonchev–Trinajstić information content (AvgIpc) is 1.55. The van der Waals surface area contributed by atoms with Gasteiger partial charge in [0.25, 0.3) is 0 Å². The van der Waals surface area contributed by atoms with Crippen molar-refractivity contribution in [2.45, 2.75) is 75.0 Å². The van der Waals surface area contributed by atoms with Crippen LogP contribution in [0.2, 0.25) is 0 Å². The van der Waals surface area contributed by atoms with Gasteiger partial charge in [0.1, 0.15) is 11.5 Å². The quantitative estimate of drug-likeness (QED) is 0.0456. The second-order valence-corrected chi connectivity index (χ2v) is 26.7. The van der Waals surface area contributed by atoms with Crippen molar-refractivity contribution in [3.8, 4) is 56.0 Å². The monoisotopic (exact) mass is 1300 g/mol. The molecule has 0 heterocycles. The summed E-state index contributed by atoms with van der Waals surface area (Å²) in [5.74, 6) is 1.81. The molecule has 4 nitrogen and oxygen atoms in total. The summed E-state index contributed by atoms with van der Waals surface area (Å²) in [5.41, 5.74) is 25.9. The van der Waals surface area contributed by atoms with Crippen LogP contribution in [0.1, 0.15) is 109 Å². The van der Waals surface area contributed by atoms with Crippen LogP contribution >= 0.6 is 0 Å². The molecule has 2 aliphatic carbocycles. The first-order chi connectivity index (χ1) is 49.5. The summed E-state index contributed by atoms with van der Waals surface area (Å²) in [6.45, 7) is 9.22. The summed E-state index contributed by atoms with van der Waals surface area (Å²) >= 11 is 0. The number of rotatable bonds is 28. The average molecular weight is 1300 g/mol. The molecule has 0 fully saturated rings. The van der Waals surface area contributed by atoms with E-state index in [2.05, 4.69) is 326 Å². The van der Waals surface area contributed by atoms with Crippen molar-refractivity contribution in [2.24, 2.45) is 0 Å². The Morgan fingerprint density at radius 1 is 0.260 bits per heavy atom. The Labute approximate surface area is 591 Å². The van der Waals surface area contributed by atoms with Gasteiger partial charge in [-0.1, -0.05) is 294 Å². The number of fused-ring (bicyclic) bond motifs is 6. The summed E-state index contributed by atoms with van der Waals surface area (Å²) in [7, 11) is 0. The van der Waals surface area contributed by atoms with E-state index in [1.54, 1.807) is 0 Å². The molecule has 2 aliphatic rings. The third-order valence-electron chi connectivity index (χ3n) is 20.8. The molecule has 0 N–H and O–H groups in total. The molecule has 4 heteroatoms. The van der Waals surface area contributed by atoms with Crippen LogP contribution in [0.4, 0.5) is 34.1 Å². The van der Waals surface area contributed by atoms with Crippen LogP contribution in [0.3, 0.4) is 0 Å². The lowest BCUT2D eigenvalue weighted by atomic mass is 9.69. The lowest BCUT2D eigenvalue weighted by Crippen LogP contribution is -2.28. The molecular weight excluding hydrogens is 1210 g/mol. The summed E-state index contributed by atoms with van der Waals surface area (Å²) in [4.78, 5) is 4.94. The maximum Gasteiger partial charge on any atom is 0.119 e. The Morgan fingerprint density at radius 3 is 0.940 bits per heavy atom. The zero-order valence-corrected chi connectivity index (χ0v) is 56.9. The van der Waals surface area contributed by atoms with Crippen molar-refractivity contribution >= 4 is 46.3 Å². The van der Waals surface area contributed by atoms with Crippen molar-refractivity contribution < 1.29 is 9.47 Å². The maximum absolute atomic E-state index is 6.25. The minimum absolute atomic E-state index is 0.403. The van der Waals surface area contributed by atoms with Crippen LogP contribution in [0, 0.1) is 0 Å². The van der Waals surface area contributed by atoms with Gasteiger partial charge in [0.15, 0.2) is 0 Å². The molecule has 490 valence electrons. The number of hydrogen-bond donors (Lipinski definition) is 0. The summed E-state index contributed by atoms with van der Waals surface area (Å²) in [6, 6.07) is 121. The lowest BCUT2D eigenvalue weighted by Gasteiger charge is -2.35. The van der Waals surface area contributed by atoms with Crippen LogP contribution in [0.5, 0.6) is 11.5 Å². The fourth-order valence-electron chi connectivity index (χ4n) is 15.9. The second-order valence-electron chi connectivity index (χ2n) is 26.7. The molecule has 15 rings (SSSR count). The molecule has 0 radical (unpaired) electrons. The highest BCUT2D eigenvalue weighted by atomic mass is 16.5. The highest BCUT2D eigenvalue weighted by molar-refractivity contribution is 5.91. The van der Waals surface area contributed by atoms with Crippen LogP contribution < -0.4 is 19.3 Å². The first kappa shape index (κ1) is 64.5. The minimum Gasteiger partial charge on any atom is -0.494 e. The van der Waals surface area contributed by atoms with E-state index >= 15 is 0 Å². The molecule has 0 bridgehead atoms. The van der Waals surface area contributed by atoms with E-state index in [1.807, 2.05) is 36.4 Å². The van der Waals surface area contributed by atoms with Gasteiger partial charge >= 0.3 is 0 Å². The van der Waals surface area contributed by atoms with Gasteiger partial charge in [-0.3, -0.25) is 0 Å². The molecule has 0 aromatic heterocycles. The predicted molar refractivity (Wildman–Crippen MR) is 420 cm³/mol. The van der Waals surface area contributed by atoms with Gasteiger partial charge in [-0.25, -0.2) is 0 Å². The third-order valence-corrected chi connectivity index (χ3v) is 20.8. The summed E-state index contributed by atoms with van der Waals surface area (Å²) < 4.78 is 12.5. The van der Waals surface area contributed by atoms with Crippen molar-refractivity contribution in [3.63, 3.8) is 0 Å². The number of hydrogen-bond acceptors (Lipinski definition) is 4. The van der Waals surface area contributed by atoms with E-state index in [-0.39, 0.29) is 0 Å². The fraction of sp³-hybridized carbons (Fsp3) is 0.146. The number of benzene rings is 13. The van der Waals surface area contributed by atoms with Crippen LogP contribution in [-0.4, -0.2) is 13.2 Å². The molecule has 2 unspecified atom stereocenters. The first-order valence-corrected chi connectivity index (χ1v) is 35.8. The number of ether oxygens (including phenoxy) is 2. The van der Waals surface area contributed by atoms with Crippen molar-refractivity contribution in [2.75, 3.05) is 23.0 Å². The summed E-state index contributed by atoms with van der Waals surface area (Å²) in [6.07, 6.45) is 14.1. The zero-order valence-electron chi connectivity index (χ0n) is 56.9. The van der Waals surface area contributed by atoms with E-state index < -0.39 is 10.8 Å². The third kappa shape index (κ3) is 13.0. The highest BCUT2D eigenvalue weighted by Crippen LogP contribution is 2.59. The van der Waals surface area contributed by atoms with Crippen molar-refractivity contribution in [1.82, 2.24) is 0 Å². The smallest absolute Gasteiger partial charge is 0.119 e. The molecule has 13 aromatic rings. The van der Waals surface area contributed by atoms with Gasteiger partial charge in [0.05, 0.1) is 13.2 Å². The largest absolute Gasteiger partial charge is 0.494 e. The van der Waals surface area contributed by atoms with Crippen molar-refractivity contribution in [3.05, 3.63) is 385 Å². The van der Waals surface area contributed by atoms with Gasteiger partial charge < -0.3 is 19.3 Å². The van der Waals surface area contributed by atoms with Crippen LogP contribution in [-0.2, 0) is 10.8 Å². The van der Waals surface area contributed by atoms with E-state index in [0.29, 0.717) is 13.2 Å². The van der Waals surface area contributed by atoms with Gasteiger partial charge in [0.2, 0.25) is 0 Å². The topological polar surface area (TPSA) is 24.9 Å². The highest BCUT2D eigenvalue weighted by Gasteiger charge is 2.46. The molecule has 0 spiro atoms. The molecule has 0 aliphatic heterocycles. The second kappa shape index (κ2) is 29.7. The Hall–Kier alpha value is -11.5. The number of nitrogens with zero attached hydrogens (tertiary/aromatic N) is 2. The maximum atomic E-state index is 6.25. The molecule has 2 atom stereocenters. The fourth-order valence-corrected chi connectivity index (χ4v) is 15.9. The normalized spacial score (nSPS) is 14.6. The number of unbranched alkanes of at least 4 members (excludes halogenated alkanes) is 6. The molecule has 13 aromatic carbocycles. The molecular formula is C96H84N2O2. The van der Waals surface area contributed by atoms with Gasteiger partial charge in [-0.15, -0.1) is 0 Å². The molecule has 0 saturated carbocycles. The standard InChI is InChI=1S/C96H84N2O2/c1-3-71-41-59-85(60-42-71)99-67-27-7-5-25-65-95(77-33-17-11-18-34-77)91-39-23-21-37-87(91)89-63-57-83(69-93(89)95)98(82-55-53-81(54-56-82)97(79-49-45-75(46-50-79)73-29-13-9-14-30-73)80-51-47-76(48-52-80)74-31-15-10-16-32-74)84-58-64-90-88-38-22-24-40-92(88)96(94(90)70-84,78-35-19-12-20-36-78)66-26-6-8-28-68-100-86-61-43-72(4-2)44-62-86/h3-4,9-24,29-64,69-70H,1-2,5-8,25-28,65-68H2. The minimum atomic E-state index is -0.403. The Morgan fingerprint density at radius 2 is 0.560 bits per heavy atom. The molecule has 100 heavy (non-hydrogen) atoms. The van der Waals surface area contributed by atoms with Crippen LogP contribution in [0.15, 0.2) is 341 Å². The van der Waals surface area contributed by atoms with E-state index in [1.165, 1.54) is 77.9 Å². The van der Waals surface area contributed by atoms with Gasteiger partial charge in [0, 0.05) is 45.0 Å². The molecule has 0 amide bonds. The zero-order chi connectivity index (χ0) is 67.5. The van der Waals surface area contributed by atoms with E-state index in [0.717, 1.165) is 121 Å². The SMILES string of the molecule is C=Cc1ccc(OCCCCCCC2(c3ccccc3)c3ccccc3-c3ccc(N(c4ccc(N(c5ccc(-c6ccccc6)cc5)c5ccc(-c6ccccc6)cc5)cc4)c4ccc5c(c4)C(CCCCCCOc4ccc(C=C)cc4)(c4ccccc4)c4ccccc4-5)cc32)cc1. The van der Waals surface area contributed by atoms with Gasteiger partial charge in [-0.2, -0.15) is 0 Å². The summed E-state index contributed by atoms with van der Waals surface area (Å²) in [5, 5.41) is 0. The predicted octanol–water partition coefficient (Wildman–Crippen LogP) is 25.9. The van der Waals surface area contributed by atoms with Crippen LogP contribution in [0.25, 0.3) is 56.7 Å². The van der Waals surface area contributed by atoms with Crippen molar-refractivity contribution in [1.29, 1.82) is 0 Å². The first-order valence-electron chi connectivity index (χ1n) is 35.8. The van der Waals surface area contributed by atoms with Gasteiger partial charge in [-0.05, 0) is 212 Å². The Bertz CT molecular complexity index is 4610. The lowest BCUT2D eigenvalue weighted by molar-refractivity contribution is 0.303. The Kier molecular flexibility index (Phi) is 19.2. The van der Waals surface area contributed by atoms with E-state index in [9.17, 15) is 0 Å². The number of anilines is 6. The van der Waals surface area contributed by atoms with E-state index in [4.69, 9.17) is 9.47 Å².